The molecule has 5 rings (SSSR count). The van der Waals surface area contributed by atoms with Crippen LogP contribution in [-0.4, -0.2) is 11.8 Å². The van der Waals surface area contributed by atoms with Gasteiger partial charge in [-0.25, -0.2) is 0 Å². The summed E-state index contributed by atoms with van der Waals surface area (Å²) in [6.07, 6.45) is 0. The second kappa shape index (κ2) is 11.3. The summed E-state index contributed by atoms with van der Waals surface area (Å²) in [5, 5.41) is 8.21. The van der Waals surface area contributed by atoms with Gasteiger partial charge in [0.1, 0.15) is 5.25 Å². The van der Waals surface area contributed by atoms with Crippen LogP contribution in [0.2, 0.25) is 5.02 Å². The zero-order valence-electron chi connectivity index (χ0n) is 19.7. The predicted molar refractivity (Wildman–Crippen MR) is 153 cm³/mol. The van der Waals surface area contributed by atoms with Crippen LogP contribution < -0.4 is 10.6 Å². The molecular formula is C31H23ClN2O2S. The van der Waals surface area contributed by atoms with Crippen LogP contribution in [0.15, 0.2) is 126 Å². The van der Waals surface area contributed by atoms with E-state index < -0.39 is 5.25 Å². The molecule has 5 aromatic carbocycles. The van der Waals surface area contributed by atoms with E-state index in [1.165, 1.54) is 11.8 Å². The lowest BCUT2D eigenvalue weighted by Crippen LogP contribution is -2.19. The quantitative estimate of drug-likeness (QED) is 0.212. The second-order valence-corrected chi connectivity index (χ2v) is 10.1. The average Bonchev–Trinajstić information content (AvgIpc) is 2.93. The molecule has 0 aliphatic rings. The van der Waals surface area contributed by atoms with E-state index in [0.29, 0.717) is 16.3 Å². The molecule has 0 aromatic heterocycles. The first kappa shape index (κ1) is 24.6. The Balaban J connectivity index is 1.32. The number of anilines is 2. The van der Waals surface area contributed by atoms with Gasteiger partial charge in [-0.3, -0.25) is 9.59 Å². The summed E-state index contributed by atoms with van der Waals surface area (Å²) < 4.78 is 0. The molecule has 0 spiro atoms. The smallest absolute Gasteiger partial charge is 0.255 e. The van der Waals surface area contributed by atoms with Crippen molar-refractivity contribution in [3.8, 4) is 0 Å². The summed E-state index contributed by atoms with van der Waals surface area (Å²) in [5.74, 6) is -0.343. The van der Waals surface area contributed by atoms with Crippen molar-refractivity contribution in [2.45, 2.75) is 10.1 Å². The molecule has 5 aromatic rings. The van der Waals surface area contributed by atoms with Crippen LogP contribution in [0.4, 0.5) is 11.4 Å². The van der Waals surface area contributed by atoms with Crippen molar-refractivity contribution in [2.24, 2.45) is 0 Å². The van der Waals surface area contributed by atoms with Crippen molar-refractivity contribution in [3.05, 3.63) is 137 Å². The van der Waals surface area contributed by atoms with E-state index >= 15 is 0 Å². The van der Waals surface area contributed by atoms with Gasteiger partial charge in [-0.05, 0) is 70.9 Å². The molecule has 1 unspecified atom stereocenters. The molecule has 0 saturated heterocycles. The molecule has 0 aliphatic carbocycles. The van der Waals surface area contributed by atoms with Gasteiger partial charge in [0.15, 0.2) is 0 Å². The number of hydrogen-bond donors (Lipinski definition) is 2. The fourth-order valence-electron chi connectivity index (χ4n) is 3.96. The van der Waals surface area contributed by atoms with Crippen LogP contribution >= 0.6 is 23.4 Å². The Bertz CT molecular complexity index is 1560. The first-order chi connectivity index (χ1) is 18.0. The number of nitrogens with one attached hydrogen (secondary N) is 2. The maximum absolute atomic E-state index is 13.5. The maximum Gasteiger partial charge on any atom is 0.255 e. The highest BCUT2D eigenvalue weighted by Crippen LogP contribution is 2.37. The van der Waals surface area contributed by atoms with E-state index in [0.717, 1.165) is 26.9 Å². The van der Waals surface area contributed by atoms with Gasteiger partial charge in [0.25, 0.3) is 5.91 Å². The van der Waals surface area contributed by atoms with Gasteiger partial charge in [-0.1, -0.05) is 78.3 Å². The number of thioether (sulfide) groups is 1. The number of rotatable bonds is 7. The van der Waals surface area contributed by atoms with Crippen molar-refractivity contribution < 1.29 is 9.59 Å². The third-order valence-electron chi connectivity index (χ3n) is 5.81. The Labute approximate surface area is 224 Å². The molecule has 0 saturated carbocycles. The zero-order valence-corrected chi connectivity index (χ0v) is 21.3. The predicted octanol–water partition coefficient (Wildman–Crippen LogP) is 8.22. The van der Waals surface area contributed by atoms with E-state index in [2.05, 4.69) is 10.6 Å². The summed E-state index contributed by atoms with van der Waals surface area (Å²) in [5.41, 5.74) is 2.81. The molecule has 2 N–H and O–H groups in total. The number of carbonyl (C=O) groups excluding carboxylic acids is 2. The standard InChI is InChI=1S/C31H23ClN2O2S/c32-25-12-6-11-24(19-25)30(35)33-26-15-17-28(18-16-26)37-29(22-8-2-1-3-9-22)31(36)34-27-14-13-21-7-4-5-10-23(21)20-27/h1-20,29H,(H,33,35)(H,34,36). The number of fused-ring (bicyclic) bond motifs is 1. The number of carbonyl (C=O) groups is 2. The van der Waals surface area contributed by atoms with Crippen molar-refractivity contribution in [2.75, 3.05) is 10.6 Å². The number of hydrogen-bond acceptors (Lipinski definition) is 3. The first-order valence-electron chi connectivity index (χ1n) is 11.7. The van der Waals surface area contributed by atoms with Gasteiger partial charge in [0.2, 0.25) is 5.91 Å². The monoisotopic (exact) mass is 522 g/mol. The molecule has 2 amide bonds. The Hall–Kier alpha value is -4.06. The lowest BCUT2D eigenvalue weighted by molar-refractivity contribution is -0.115. The van der Waals surface area contributed by atoms with Crippen LogP contribution in [-0.2, 0) is 4.79 Å². The highest BCUT2D eigenvalue weighted by molar-refractivity contribution is 8.00. The molecule has 0 fully saturated rings. The molecule has 182 valence electrons. The van der Waals surface area contributed by atoms with Crippen molar-refractivity contribution in [3.63, 3.8) is 0 Å². The Kier molecular flexibility index (Phi) is 7.54. The first-order valence-corrected chi connectivity index (χ1v) is 13.0. The third kappa shape index (κ3) is 6.20. The Morgan fingerprint density at radius 3 is 2.11 bits per heavy atom. The average molecular weight is 523 g/mol. The van der Waals surface area contributed by atoms with Crippen molar-refractivity contribution in [1.82, 2.24) is 0 Å². The van der Waals surface area contributed by atoms with Crippen molar-refractivity contribution >= 4 is 57.3 Å². The van der Waals surface area contributed by atoms with Gasteiger partial charge < -0.3 is 10.6 Å². The Morgan fingerprint density at radius 2 is 1.35 bits per heavy atom. The van der Waals surface area contributed by atoms with E-state index in [1.54, 1.807) is 24.3 Å². The van der Waals surface area contributed by atoms with Crippen LogP contribution in [0.1, 0.15) is 21.2 Å². The van der Waals surface area contributed by atoms with Gasteiger partial charge in [0, 0.05) is 26.9 Å². The summed E-state index contributed by atoms with van der Waals surface area (Å²) in [4.78, 5) is 26.9. The lowest BCUT2D eigenvalue weighted by Gasteiger charge is -2.18. The molecule has 1 atom stereocenters. The van der Waals surface area contributed by atoms with E-state index in [4.69, 9.17) is 11.6 Å². The van der Waals surface area contributed by atoms with Crippen LogP contribution in [0.25, 0.3) is 10.8 Å². The number of halogens is 1. The van der Waals surface area contributed by atoms with E-state index in [9.17, 15) is 9.59 Å². The van der Waals surface area contributed by atoms with Crippen LogP contribution in [0, 0.1) is 0 Å². The fourth-order valence-corrected chi connectivity index (χ4v) is 5.18. The summed E-state index contributed by atoms with van der Waals surface area (Å²) in [6.45, 7) is 0. The second-order valence-electron chi connectivity index (χ2n) is 8.45. The number of benzene rings is 5. The summed E-state index contributed by atoms with van der Waals surface area (Å²) >= 11 is 7.45. The highest BCUT2D eigenvalue weighted by atomic mass is 35.5. The minimum Gasteiger partial charge on any atom is -0.325 e. The topological polar surface area (TPSA) is 58.2 Å². The SMILES string of the molecule is O=C(Nc1ccc(SC(C(=O)Nc2ccc3ccccc3c2)c2ccccc2)cc1)c1cccc(Cl)c1. The molecule has 0 bridgehead atoms. The van der Waals surface area contributed by atoms with Crippen LogP contribution in [0.3, 0.4) is 0 Å². The maximum atomic E-state index is 13.5. The van der Waals surface area contributed by atoms with Crippen molar-refractivity contribution in [1.29, 1.82) is 0 Å². The minimum absolute atomic E-state index is 0.107. The number of amides is 2. The molecular weight excluding hydrogens is 500 g/mol. The third-order valence-corrected chi connectivity index (χ3v) is 7.31. The summed E-state index contributed by atoms with van der Waals surface area (Å²) in [6, 6.07) is 37.9. The lowest BCUT2D eigenvalue weighted by atomic mass is 10.1. The van der Waals surface area contributed by atoms with Crippen LogP contribution in [0.5, 0.6) is 0 Å². The fraction of sp³-hybridized carbons (Fsp3) is 0.0323. The molecule has 0 heterocycles. The molecule has 0 aliphatic heterocycles. The molecule has 0 radical (unpaired) electrons. The molecule has 6 heteroatoms. The Morgan fingerprint density at radius 1 is 0.649 bits per heavy atom. The van der Waals surface area contributed by atoms with Gasteiger partial charge in [0.05, 0.1) is 0 Å². The highest BCUT2D eigenvalue weighted by Gasteiger charge is 2.22. The van der Waals surface area contributed by atoms with E-state index in [1.807, 2.05) is 97.1 Å². The van der Waals surface area contributed by atoms with E-state index in [-0.39, 0.29) is 11.8 Å². The largest absolute Gasteiger partial charge is 0.325 e. The zero-order chi connectivity index (χ0) is 25.6. The normalized spacial score (nSPS) is 11.6. The van der Waals surface area contributed by atoms with Gasteiger partial charge >= 0.3 is 0 Å². The summed E-state index contributed by atoms with van der Waals surface area (Å²) in [7, 11) is 0. The minimum atomic E-state index is -0.459. The van der Waals surface area contributed by atoms with Gasteiger partial charge in [-0.15, -0.1) is 11.8 Å². The molecule has 4 nitrogen and oxygen atoms in total. The van der Waals surface area contributed by atoms with Gasteiger partial charge in [-0.2, -0.15) is 0 Å². The molecule has 37 heavy (non-hydrogen) atoms.